The van der Waals surface area contributed by atoms with Crippen molar-refractivity contribution in [1.29, 1.82) is 0 Å². The van der Waals surface area contributed by atoms with Gasteiger partial charge in [-0.25, -0.2) is 4.39 Å². The van der Waals surface area contributed by atoms with Crippen LogP contribution in [0.2, 0.25) is 0 Å². The van der Waals surface area contributed by atoms with E-state index in [0.29, 0.717) is 27.6 Å². The highest BCUT2D eigenvalue weighted by Crippen LogP contribution is 2.27. The summed E-state index contributed by atoms with van der Waals surface area (Å²) in [6, 6.07) is 4.94. The second-order valence-corrected chi connectivity index (χ2v) is 5.86. The second-order valence-electron chi connectivity index (χ2n) is 5.02. The molecule has 0 fully saturated rings. The molecule has 0 saturated carbocycles. The summed E-state index contributed by atoms with van der Waals surface area (Å²) in [6.07, 6.45) is 4.30. The van der Waals surface area contributed by atoms with Gasteiger partial charge in [-0.3, -0.25) is 9.48 Å². The molecule has 0 amide bonds. The van der Waals surface area contributed by atoms with E-state index in [-0.39, 0.29) is 5.82 Å². The lowest BCUT2D eigenvalue weighted by Gasteiger charge is -2.04. The first-order valence-electron chi connectivity index (χ1n) is 6.41. The molecular weight excluding hydrogens is 275 g/mol. The Labute approximate surface area is 122 Å². The zero-order chi connectivity index (χ0) is 14.7. The fourth-order valence-corrected chi connectivity index (χ4v) is 2.49. The summed E-state index contributed by atoms with van der Waals surface area (Å²) in [5.41, 5.74) is 1.65. The number of carbonyl (C=O) groups is 1. The van der Waals surface area contributed by atoms with Crippen molar-refractivity contribution in [3.8, 4) is 11.3 Å². The first kappa shape index (κ1) is 14.8. The number of benzene rings is 1. The third-order valence-electron chi connectivity index (χ3n) is 2.89. The van der Waals surface area contributed by atoms with Gasteiger partial charge in [-0.05, 0) is 24.3 Å². The molecule has 0 bridgehead atoms. The Bertz CT molecular complexity index is 622. The average molecular weight is 292 g/mol. The Morgan fingerprint density at radius 2 is 2.20 bits per heavy atom. The second kappa shape index (κ2) is 6.22. The van der Waals surface area contributed by atoms with E-state index in [4.69, 9.17) is 0 Å². The van der Waals surface area contributed by atoms with Gasteiger partial charge in [0.15, 0.2) is 6.29 Å². The molecule has 3 nitrogen and oxygen atoms in total. The van der Waals surface area contributed by atoms with Crippen molar-refractivity contribution in [2.45, 2.75) is 25.3 Å². The van der Waals surface area contributed by atoms with Crippen LogP contribution in [0.25, 0.3) is 11.3 Å². The minimum atomic E-state index is -0.287. The van der Waals surface area contributed by atoms with Crippen molar-refractivity contribution in [2.75, 3.05) is 6.26 Å². The van der Waals surface area contributed by atoms with Crippen LogP contribution in [-0.2, 0) is 6.54 Å². The molecule has 0 aliphatic heterocycles. The molecule has 20 heavy (non-hydrogen) atoms. The molecule has 1 heterocycles. The maximum atomic E-state index is 13.8. The van der Waals surface area contributed by atoms with Crippen molar-refractivity contribution in [1.82, 2.24) is 9.78 Å². The van der Waals surface area contributed by atoms with Crippen molar-refractivity contribution >= 4 is 18.0 Å². The van der Waals surface area contributed by atoms with Gasteiger partial charge in [0.05, 0.1) is 5.56 Å². The minimum Gasteiger partial charge on any atom is -0.298 e. The zero-order valence-corrected chi connectivity index (χ0v) is 12.6. The highest BCUT2D eigenvalue weighted by Gasteiger charge is 2.13. The standard InChI is InChI=1S/C15H17FN2OS/c1-10(2)7-18-8-12(9-19)15(17-18)11-4-5-14(20-3)13(16)6-11/h4-6,8-10H,7H2,1-3H3. The lowest BCUT2D eigenvalue weighted by molar-refractivity contribution is 0.112. The van der Waals surface area contributed by atoms with E-state index >= 15 is 0 Å². The zero-order valence-electron chi connectivity index (χ0n) is 11.8. The number of rotatable bonds is 5. The Kier molecular flexibility index (Phi) is 4.60. The van der Waals surface area contributed by atoms with E-state index in [2.05, 4.69) is 18.9 Å². The van der Waals surface area contributed by atoms with E-state index < -0.39 is 0 Å². The van der Waals surface area contributed by atoms with Crippen molar-refractivity contribution in [3.63, 3.8) is 0 Å². The predicted molar refractivity (Wildman–Crippen MR) is 79.6 cm³/mol. The van der Waals surface area contributed by atoms with Crippen molar-refractivity contribution in [3.05, 3.63) is 35.8 Å². The molecular formula is C15H17FN2OS. The molecule has 5 heteroatoms. The predicted octanol–water partition coefficient (Wildman–Crippen LogP) is 3.88. The fourth-order valence-electron chi connectivity index (χ4n) is 2.03. The van der Waals surface area contributed by atoms with Crippen LogP contribution in [-0.4, -0.2) is 22.3 Å². The van der Waals surface area contributed by atoms with Gasteiger partial charge in [-0.1, -0.05) is 19.9 Å². The first-order chi connectivity index (χ1) is 9.55. The number of nitrogens with zero attached hydrogens (tertiary/aromatic N) is 2. The highest BCUT2D eigenvalue weighted by atomic mass is 32.2. The number of aromatic nitrogens is 2. The van der Waals surface area contributed by atoms with Gasteiger partial charge in [-0.2, -0.15) is 5.10 Å². The monoisotopic (exact) mass is 292 g/mol. The molecule has 1 aromatic carbocycles. The van der Waals surface area contributed by atoms with Gasteiger partial charge < -0.3 is 0 Å². The maximum absolute atomic E-state index is 13.8. The Morgan fingerprint density at radius 1 is 1.45 bits per heavy atom. The van der Waals surface area contributed by atoms with Gasteiger partial charge in [0.2, 0.25) is 0 Å². The largest absolute Gasteiger partial charge is 0.298 e. The summed E-state index contributed by atoms with van der Waals surface area (Å²) in [4.78, 5) is 11.7. The van der Waals surface area contributed by atoms with Gasteiger partial charge in [0.25, 0.3) is 0 Å². The third kappa shape index (κ3) is 3.10. The van der Waals surface area contributed by atoms with E-state index in [1.165, 1.54) is 17.8 Å². The van der Waals surface area contributed by atoms with Gasteiger partial charge in [0, 0.05) is 23.2 Å². The number of aldehydes is 1. The lowest BCUT2D eigenvalue weighted by Crippen LogP contribution is -2.04. The van der Waals surface area contributed by atoms with E-state index in [9.17, 15) is 9.18 Å². The topological polar surface area (TPSA) is 34.9 Å². The molecule has 0 atom stereocenters. The summed E-state index contributed by atoms with van der Waals surface area (Å²) >= 11 is 1.35. The Hall–Kier alpha value is -1.62. The maximum Gasteiger partial charge on any atom is 0.153 e. The molecule has 0 N–H and O–H groups in total. The first-order valence-corrected chi connectivity index (χ1v) is 7.64. The number of halogens is 1. The van der Waals surface area contributed by atoms with E-state index in [0.717, 1.165) is 12.8 Å². The number of hydrogen-bond acceptors (Lipinski definition) is 3. The Balaban J connectivity index is 2.43. The molecule has 0 radical (unpaired) electrons. The lowest BCUT2D eigenvalue weighted by atomic mass is 10.1. The summed E-state index contributed by atoms with van der Waals surface area (Å²) in [5, 5.41) is 4.40. The van der Waals surface area contributed by atoms with Crippen LogP contribution in [0, 0.1) is 11.7 Å². The van der Waals surface area contributed by atoms with Crippen molar-refractivity contribution in [2.24, 2.45) is 5.92 Å². The molecule has 0 aliphatic rings. The molecule has 0 aliphatic carbocycles. The van der Waals surface area contributed by atoms with Gasteiger partial charge in [-0.15, -0.1) is 11.8 Å². The van der Waals surface area contributed by atoms with Crippen LogP contribution in [0.1, 0.15) is 24.2 Å². The summed E-state index contributed by atoms with van der Waals surface area (Å²) in [6.45, 7) is 4.88. The molecule has 2 aromatic rings. The van der Waals surface area contributed by atoms with Crippen LogP contribution in [0.3, 0.4) is 0 Å². The smallest absolute Gasteiger partial charge is 0.153 e. The normalized spacial score (nSPS) is 11.1. The SMILES string of the molecule is CSc1ccc(-c2nn(CC(C)C)cc2C=O)cc1F. The molecule has 0 unspecified atom stereocenters. The van der Waals surface area contributed by atoms with Crippen LogP contribution in [0.5, 0.6) is 0 Å². The van der Waals surface area contributed by atoms with Crippen LogP contribution in [0.4, 0.5) is 4.39 Å². The van der Waals surface area contributed by atoms with Gasteiger partial charge in [0.1, 0.15) is 11.5 Å². The molecule has 106 valence electrons. The van der Waals surface area contributed by atoms with E-state index in [1.54, 1.807) is 23.0 Å². The third-order valence-corrected chi connectivity index (χ3v) is 3.67. The summed E-state index contributed by atoms with van der Waals surface area (Å²) < 4.78 is 15.6. The van der Waals surface area contributed by atoms with Crippen LogP contribution >= 0.6 is 11.8 Å². The van der Waals surface area contributed by atoms with Crippen molar-refractivity contribution < 1.29 is 9.18 Å². The summed E-state index contributed by atoms with van der Waals surface area (Å²) in [7, 11) is 0. The number of hydrogen-bond donors (Lipinski definition) is 0. The fraction of sp³-hybridized carbons (Fsp3) is 0.333. The average Bonchev–Trinajstić information content (AvgIpc) is 2.80. The quantitative estimate of drug-likeness (QED) is 0.619. The van der Waals surface area contributed by atoms with Crippen LogP contribution < -0.4 is 0 Å². The highest BCUT2D eigenvalue weighted by molar-refractivity contribution is 7.98. The number of carbonyl (C=O) groups excluding carboxylic acids is 1. The van der Waals surface area contributed by atoms with Crippen LogP contribution in [0.15, 0.2) is 29.3 Å². The molecule has 2 rings (SSSR count). The Morgan fingerprint density at radius 3 is 2.75 bits per heavy atom. The minimum absolute atomic E-state index is 0.287. The number of thioether (sulfide) groups is 1. The molecule has 0 saturated heterocycles. The molecule has 1 aromatic heterocycles. The molecule has 0 spiro atoms. The van der Waals surface area contributed by atoms with Gasteiger partial charge >= 0.3 is 0 Å². The van der Waals surface area contributed by atoms with E-state index in [1.807, 2.05) is 6.26 Å². The summed E-state index contributed by atoms with van der Waals surface area (Å²) in [5.74, 6) is 0.142.